The molecule has 0 spiro atoms. The molecule has 1 saturated carbocycles. The average Bonchev–Trinajstić information content (AvgIpc) is 3.28. The minimum atomic E-state index is -0.190. The Morgan fingerprint density at radius 2 is 1.87 bits per heavy atom. The van der Waals surface area contributed by atoms with Crippen molar-refractivity contribution in [3.8, 4) is 11.3 Å². The van der Waals surface area contributed by atoms with Gasteiger partial charge < -0.3 is 10.6 Å². The number of hydrogen-bond acceptors (Lipinski definition) is 5. The van der Waals surface area contributed by atoms with E-state index in [1.165, 1.54) is 17.8 Å². The van der Waals surface area contributed by atoms with Gasteiger partial charge in [-0.2, -0.15) is 0 Å². The maximum atomic E-state index is 12.6. The van der Waals surface area contributed by atoms with E-state index in [4.69, 9.17) is 0 Å². The van der Waals surface area contributed by atoms with Gasteiger partial charge in [-0.1, -0.05) is 25.3 Å². The van der Waals surface area contributed by atoms with Gasteiger partial charge in [0.2, 0.25) is 5.91 Å². The van der Waals surface area contributed by atoms with Crippen molar-refractivity contribution in [2.24, 2.45) is 5.92 Å². The van der Waals surface area contributed by atoms with Gasteiger partial charge in [0, 0.05) is 40.5 Å². The van der Waals surface area contributed by atoms with Crippen molar-refractivity contribution >= 4 is 28.8 Å². The summed E-state index contributed by atoms with van der Waals surface area (Å²) >= 11 is 1.51. The predicted octanol–water partition coefficient (Wildman–Crippen LogP) is 4.65. The molecule has 3 aromatic rings. The fourth-order valence-electron chi connectivity index (χ4n) is 3.65. The first-order valence-electron chi connectivity index (χ1n) is 10.2. The smallest absolute Gasteiger partial charge is 0.251 e. The Hall–Kier alpha value is -3.06. The van der Waals surface area contributed by atoms with Crippen LogP contribution in [0.2, 0.25) is 0 Å². The summed E-state index contributed by atoms with van der Waals surface area (Å²) in [6.07, 6.45) is 8.79. The maximum absolute atomic E-state index is 12.6. The van der Waals surface area contributed by atoms with Crippen LogP contribution in [-0.2, 0) is 11.3 Å². The van der Waals surface area contributed by atoms with E-state index in [-0.39, 0.29) is 17.7 Å². The second-order valence-corrected chi connectivity index (χ2v) is 8.39. The molecule has 0 saturated heterocycles. The summed E-state index contributed by atoms with van der Waals surface area (Å²) in [5.74, 6) is -0.0566. The van der Waals surface area contributed by atoms with E-state index in [1.54, 1.807) is 30.6 Å². The molecule has 2 N–H and O–H groups in total. The SMILES string of the molecule is O=C(NCc1nc(-c2ccncc2)cs1)c1cccc(NC(=O)C2CCCCC2)c1. The third kappa shape index (κ3) is 5.10. The molecule has 1 aliphatic carbocycles. The molecule has 4 rings (SSSR count). The molecule has 6 nitrogen and oxygen atoms in total. The molecule has 0 atom stereocenters. The third-order valence-corrected chi connectivity index (χ3v) is 6.15. The van der Waals surface area contributed by atoms with Gasteiger partial charge in [0.15, 0.2) is 0 Å². The second kappa shape index (κ2) is 9.63. The van der Waals surface area contributed by atoms with E-state index < -0.39 is 0 Å². The van der Waals surface area contributed by atoms with Crippen molar-refractivity contribution in [3.63, 3.8) is 0 Å². The Labute approximate surface area is 179 Å². The average molecular weight is 421 g/mol. The number of anilines is 1. The van der Waals surface area contributed by atoms with Gasteiger partial charge >= 0.3 is 0 Å². The van der Waals surface area contributed by atoms with Crippen molar-refractivity contribution in [2.45, 2.75) is 38.6 Å². The van der Waals surface area contributed by atoms with Crippen molar-refractivity contribution in [2.75, 3.05) is 5.32 Å². The van der Waals surface area contributed by atoms with Crippen molar-refractivity contribution in [1.29, 1.82) is 0 Å². The molecule has 1 aromatic carbocycles. The highest BCUT2D eigenvalue weighted by Crippen LogP contribution is 2.25. The van der Waals surface area contributed by atoms with Gasteiger partial charge in [-0.15, -0.1) is 11.3 Å². The third-order valence-electron chi connectivity index (χ3n) is 5.30. The fourth-order valence-corrected chi connectivity index (χ4v) is 4.40. The zero-order valence-electron chi connectivity index (χ0n) is 16.6. The molecule has 154 valence electrons. The van der Waals surface area contributed by atoms with E-state index >= 15 is 0 Å². The number of nitrogens with one attached hydrogen (secondary N) is 2. The van der Waals surface area contributed by atoms with E-state index in [9.17, 15) is 9.59 Å². The number of pyridine rings is 1. The van der Waals surface area contributed by atoms with E-state index in [0.717, 1.165) is 41.9 Å². The predicted molar refractivity (Wildman–Crippen MR) is 118 cm³/mol. The first-order chi connectivity index (χ1) is 14.7. The molecule has 0 bridgehead atoms. The van der Waals surface area contributed by atoms with Crippen LogP contribution in [0, 0.1) is 5.92 Å². The van der Waals surface area contributed by atoms with Gasteiger partial charge in [0.1, 0.15) is 5.01 Å². The zero-order valence-corrected chi connectivity index (χ0v) is 17.5. The summed E-state index contributed by atoms with van der Waals surface area (Å²) in [7, 11) is 0. The number of aromatic nitrogens is 2. The van der Waals surface area contributed by atoms with E-state index in [1.807, 2.05) is 23.6 Å². The zero-order chi connectivity index (χ0) is 20.8. The molecule has 0 radical (unpaired) electrons. The Morgan fingerprint density at radius 1 is 1.07 bits per heavy atom. The second-order valence-electron chi connectivity index (χ2n) is 7.45. The number of rotatable bonds is 6. The van der Waals surface area contributed by atoms with Crippen molar-refractivity contribution < 1.29 is 9.59 Å². The number of carbonyl (C=O) groups excluding carboxylic acids is 2. The number of amides is 2. The van der Waals surface area contributed by atoms with Crippen LogP contribution in [0.3, 0.4) is 0 Å². The largest absolute Gasteiger partial charge is 0.346 e. The summed E-state index contributed by atoms with van der Waals surface area (Å²) in [6.45, 7) is 0.354. The lowest BCUT2D eigenvalue weighted by Gasteiger charge is -2.20. The van der Waals surface area contributed by atoms with Crippen LogP contribution >= 0.6 is 11.3 Å². The number of nitrogens with zero attached hydrogens (tertiary/aromatic N) is 2. The van der Waals surface area contributed by atoms with E-state index in [0.29, 0.717) is 17.8 Å². The normalized spacial score (nSPS) is 14.3. The highest BCUT2D eigenvalue weighted by atomic mass is 32.1. The molecular weight excluding hydrogens is 396 g/mol. The van der Waals surface area contributed by atoms with E-state index in [2.05, 4.69) is 20.6 Å². The molecule has 30 heavy (non-hydrogen) atoms. The van der Waals surface area contributed by atoms with Gasteiger partial charge in [-0.3, -0.25) is 14.6 Å². The summed E-state index contributed by atoms with van der Waals surface area (Å²) < 4.78 is 0. The first-order valence-corrected chi connectivity index (χ1v) is 11.1. The highest BCUT2D eigenvalue weighted by Gasteiger charge is 2.21. The van der Waals surface area contributed by atoms with Crippen molar-refractivity contribution in [1.82, 2.24) is 15.3 Å². The lowest BCUT2D eigenvalue weighted by molar-refractivity contribution is -0.120. The van der Waals surface area contributed by atoms with Gasteiger partial charge in [-0.25, -0.2) is 4.98 Å². The quantitative estimate of drug-likeness (QED) is 0.608. The summed E-state index contributed by atoms with van der Waals surface area (Å²) in [4.78, 5) is 33.6. The van der Waals surface area contributed by atoms with Crippen LogP contribution in [0.5, 0.6) is 0 Å². The Bertz CT molecular complexity index is 1010. The topological polar surface area (TPSA) is 84.0 Å². The monoisotopic (exact) mass is 420 g/mol. The molecular formula is C23H24N4O2S. The standard InChI is InChI=1S/C23H24N4O2S/c28-22(25-14-21-27-20(15-30-21)16-9-11-24-12-10-16)18-7-4-8-19(13-18)26-23(29)17-5-2-1-3-6-17/h4,7-13,15,17H,1-3,5-6,14H2,(H,25,28)(H,26,29). The Morgan fingerprint density at radius 3 is 2.67 bits per heavy atom. The number of hydrogen-bond donors (Lipinski definition) is 2. The molecule has 1 fully saturated rings. The van der Waals surface area contributed by atoms with Gasteiger partial charge in [0.05, 0.1) is 12.2 Å². The minimum absolute atomic E-state index is 0.0543. The Balaban J connectivity index is 1.34. The highest BCUT2D eigenvalue weighted by molar-refractivity contribution is 7.09. The van der Waals surface area contributed by atoms with Gasteiger partial charge in [-0.05, 0) is 43.2 Å². The molecule has 0 aliphatic heterocycles. The van der Waals surface area contributed by atoms with Crippen LogP contribution in [0.15, 0.2) is 54.2 Å². The maximum Gasteiger partial charge on any atom is 0.251 e. The van der Waals surface area contributed by atoms with Crippen LogP contribution in [0.25, 0.3) is 11.3 Å². The Kier molecular flexibility index (Phi) is 6.49. The molecule has 2 aromatic heterocycles. The van der Waals surface area contributed by atoms with Crippen LogP contribution in [0.1, 0.15) is 47.5 Å². The minimum Gasteiger partial charge on any atom is -0.346 e. The molecule has 2 heterocycles. The number of benzene rings is 1. The molecule has 1 aliphatic rings. The summed E-state index contributed by atoms with van der Waals surface area (Å²) in [5, 5.41) is 8.68. The summed E-state index contributed by atoms with van der Waals surface area (Å²) in [6, 6.07) is 10.9. The van der Waals surface area contributed by atoms with Gasteiger partial charge in [0.25, 0.3) is 5.91 Å². The lowest BCUT2D eigenvalue weighted by atomic mass is 9.88. The number of carbonyl (C=O) groups is 2. The van der Waals surface area contributed by atoms with Crippen LogP contribution in [0.4, 0.5) is 5.69 Å². The van der Waals surface area contributed by atoms with Crippen LogP contribution in [-0.4, -0.2) is 21.8 Å². The van der Waals surface area contributed by atoms with Crippen molar-refractivity contribution in [3.05, 3.63) is 64.7 Å². The molecule has 2 amide bonds. The van der Waals surface area contributed by atoms with Crippen LogP contribution < -0.4 is 10.6 Å². The summed E-state index contributed by atoms with van der Waals surface area (Å²) in [5.41, 5.74) is 3.05. The first kappa shape index (κ1) is 20.2. The molecule has 0 unspecified atom stereocenters. The lowest BCUT2D eigenvalue weighted by Crippen LogP contribution is -2.25. The number of thiazole rings is 1. The molecule has 7 heteroatoms. The fraction of sp³-hybridized carbons (Fsp3) is 0.304.